The number of carbonyl (C=O) groups excluding carboxylic acids is 1. The second-order valence-corrected chi connectivity index (χ2v) is 5.05. The highest BCUT2D eigenvalue weighted by atomic mass is 35.5. The Labute approximate surface area is 127 Å². The molecule has 108 valence electrons. The van der Waals surface area contributed by atoms with Crippen molar-refractivity contribution >= 4 is 23.3 Å². The van der Waals surface area contributed by atoms with Gasteiger partial charge < -0.3 is 15.0 Å². The number of ether oxygens (including phenoxy) is 1. The standard InChI is InChI=1S/C15H14ClN3O2/c1-8-4-11(5-9(2)12(8)16)19-7-10(6-17)13(18)14(19)15(20)21-3/h4-5,7H,18H2,1-3H3. The van der Waals surface area contributed by atoms with Crippen LogP contribution in [0.3, 0.4) is 0 Å². The van der Waals surface area contributed by atoms with Crippen LogP contribution in [0, 0.1) is 25.2 Å². The molecule has 2 aromatic rings. The topological polar surface area (TPSA) is 81.0 Å². The molecule has 6 heteroatoms. The summed E-state index contributed by atoms with van der Waals surface area (Å²) in [5, 5.41) is 9.76. The van der Waals surface area contributed by atoms with Gasteiger partial charge in [-0.1, -0.05) is 11.6 Å². The first-order valence-electron chi connectivity index (χ1n) is 6.17. The van der Waals surface area contributed by atoms with Gasteiger partial charge in [-0.05, 0) is 37.1 Å². The number of nitrogen functional groups attached to an aromatic ring is 1. The maximum atomic E-state index is 11.9. The molecular weight excluding hydrogens is 290 g/mol. The van der Waals surface area contributed by atoms with Gasteiger partial charge in [-0.25, -0.2) is 4.79 Å². The highest BCUT2D eigenvalue weighted by molar-refractivity contribution is 6.32. The lowest BCUT2D eigenvalue weighted by Crippen LogP contribution is -2.11. The Balaban J connectivity index is 2.75. The van der Waals surface area contributed by atoms with Gasteiger partial charge in [0.25, 0.3) is 0 Å². The van der Waals surface area contributed by atoms with Crippen molar-refractivity contribution in [3.05, 3.63) is 45.7 Å². The molecule has 1 heterocycles. The van der Waals surface area contributed by atoms with Crippen LogP contribution in [-0.2, 0) is 4.74 Å². The molecule has 0 aliphatic carbocycles. The molecule has 2 N–H and O–H groups in total. The van der Waals surface area contributed by atoms with Crippen LogP contribution in [0.5, 0.6) is 0 Å². The van der Waals surface area contributed by atoms with E-state index in [-0.39, 0.29) is 16.9 Å². The Kier molecular flexibility index (Phi) is 3.92. The molecule has 0 aliphatic rings. The fourth-order valence-electron chi connectivity index (χ4n) is 2.18. The molecule has 0 unspecified atom stereocenters. The first kappa shape index (κ1) is 14.9. The van der Waals surface area contributed by atoms with Gasteiger partial charge in [0.05, 0.1) is 18.4 Å². The minimum Gasteiger partial charge on any atom is -0.464 e. The van der Waals surface area contributed by atoms with E-state index < -0.39 is 5.97 Å². The van der Waals surface area contributed by atoms with Crippen molar-refractivity contribution in [1.29, 1.82) is 5.26 Å². The number of anilines is 1. The summed E-state index contributed by atoms with van der Waals surface area (Å²) in [7, 11) is 1.27. The van der Waals surface area contributed by atoms with E-state index in [2.05, 4.69) is 0 Å². The third-order valence-corrected chi connectivity index (χ3v) is 3.84. The molecule has 0 saturated carbocycles. The number of esters is 1. The number of nitrogens with two attached hydrogens (primary N) is 1. The van der Waals surface area contributed by atoms with E-state index >= 15 is 0 Å². The number of benzene rings is 1. The Morgan fingerprint density at radius 1 is 1.38 bits per heavy atom. The third kappa shape index (κ3) is 2.46. The van der Waals surface area contributed by atoms with Gasteiger partial charge in [-0.15, -0.1) is 0 Å². The zero-order valence-corrected chi connectivity index (χ0v) is 12.7. The lowest BCUT2D eigenvalue weighted by atomic mass is 10.1. The van der Waals surface area contributed by atoms with E-state index in [1.54, 1.807) is 4.57 Å². The SMILES string of the molecule is COC(=O)c1c(N)c(C#N)cn1-c1cc(C)c(Cl)c(C)c1. The van der Waals surface area contributed by atoms with Gasteiger partial charge in [-0.2, -0.15) is 5.26 Å². The van der Waals surface area contributed by atoms with Crippen molar-refractivity contribution in [2.75, 3.05) is 12.8 Å². The number of methoxy groups -OCH3 is 1. The average Bonchev–Trinajstić information content (AvgIpc) is 2.80. The Hall–Kier alpha value is -2.45. The summed E-state index contributed by atoms with van der Waals surface area (Å²) in [4.78, 5) is 11.9. The number of rotatable bonds is 2. The van der Waals surface area contributed by atoms with E-state index in [4.69, 9.17) is 27.3 Å². The maximum Gasteiger partial charge on any atom is 0.357 e. The Bertz CT molecular complexity index is 749. The summed E-state index contributed by atoms with van der Waals surface area (Å²) >= 11 is 6.15. The van der Waals surface area contributed by atoms with Crippen LogP contribution < -0.4 is 5.73 Å². The van der Waals surface area contributed by atoms with Crippen LogP contribution in [0.2, 0.25) is 5.02 Å². The van der Waals surface area contributed by atoms with Crippen molar-refractivity contribution in [3.63, 3.8) is 0 Å². The number of hydrogen-bond donors (Lipinski definition) is 1. The largest absolute Gasteiger partial charge is 0.464 e. The average molecular weight is 304 g/mol. The number of nitriles is 1. The maximum absolute atomic E-state index is 11.9. The third-order valence-electron chi connectivity index (χ3n) is 3.24. The van der Waals surface area contributed by atoms with E-state index in [1.807, 2.05) is 32.0 Å². The number of aryl methyl sites for hydroxylation is 2. The molecule has 1 aromatic heterocycles. The van der Waals surface area contributed by atoms with E-state index in [0.717, 1.165) is 11.1 Å². The molecule has 1 aromatic carbocycles. The van der Waals surface area contributed by atoms with Gasteiger partial charge in [0.2, 0.25) is 0 Å². The van der Waals surface area contributed by atoms with Crippen molar-refractivity contribution < 1.29 is 9.53 Å². The zero-order valence-electron chi connectivity index (χ0n) is 11.9. The molecule has 0 atom stereocenters. The van der Waals surface area contributed by atoms with Crippen LogP contribution >= 0.6 is 11.6 Å². The predicted octanol–water partition coefficient (Wildman–Crippen LogP) is 2.99. The summed E-state index contributed by atoms with van der Waals surface area (Å²) in [6.45, 7) is 3.74. The molecule has 0 amide bonds. The summed E-state index contributed by atoms with van der Waals surface area (Å²) in [6.07, 6.45) is 1.52. The number of aromatic nitrogens is 1. The molecule has 0 spiro atoms. The summed E-state index contributed by atoms with van der Waals surface area (Å²) in [6, 6.07) is 5.61. The van der Waals surface area contributed by atoms with E-state index in [0.29, 0.717) is 10.7 Å². The number of halogens is 1. The van der Waals surface area contributed by atoms with Gasteiger partial charge in [-0.3, -0.25) is 0 Å². The van der Waals surface area contributed by atoms with Gasteiger partial charge >= 0.3 is 5.97 Å². The molecule has 0 radical (unpaired) electrons. The zero-order chi connectivity index (χ0) is 15.7. The lowest BCUT2D eigenvalue weighted by Gasteiger charge is -2.11. The van der Waals surface area contributed by atoms with Gasteiger partial charge in [0, 0.05) is 16.9 Å². The second kappa shape index (κ2) is 5.51. The lowest BCUT2D eigenvalue weighted by molar-refractivity contribution is 0.0593. The van der Waals surface area contributed by atoms with Gasteiger partial charge in [0.1, 0.15) is 6.07 Å². The van der Waals surface area contributed by atoms with Crippen molar-refractivity contribution in [2.24, 2.45) is 0 Å². The highest BCUT2D eigenvalue weighted by Crippen LogP contribution is 2.28. The molecule has 21 heavy (non-hydrogen) atoms. The fraction of sp³-hybridized carbons (Fsp3) is 0.200. The van der Waals surface area contributed by atoms with Crippen LogP contribution in [0.15, 0.2) is 18.3 Å². The summed E-state index contributed by atoms with van der Waals surface area (Å²) in [5.74, 6) is -0.598. The first-order chi connectivity index (χ1) is 9.90. The Morgan fingerprint density at radius 2 is 1.95 bits per heavy atom. The number of hydrogen-bond acceptors (Lipinski definition) is 4. The van der Waals surface area contributed by atoms with E-state index in [1.165, 1.54) is 13.3 Å². The molecule has 0 fully saturated rings. The Morgan fingerprint density at radius 3 is 2.43 bits per heavy atom. The molecule has 2 rings (SSSR count). The quantitative estimate of drug-likeness (QED) is 0.865. The predicted molar refractivity (Wildman–Crippen MR) is 80.7 cm³/mol. The van der Waals surface area contributed by atoms with Crippen LogP contribution in [0.1, 0.15) is 27.2 Å². The normalized spacial score (nSPS) is 10.2. The van der Waals surface area contributed by atoms with Gasteiger partial charge in [0.15, 0.2) is 5.69 Å². The minimum absolute atomic E-state index is 0.106. The molecule has 0 bridgehead atoms. The smallest absolute Gasteiger partial charge is 0.357 e. The number of nitrogens with zero attached hydrogens (tertiary/aromatic N) is 2. The fourth-order valence-corrected chi connectivity index (χ4v) is 2.29. The summed E-state index contributed by atoms with van der Waals surface area (Å²) < 4.78 is 6.30. The monoisotopic (exact) mass is 303 g/mol. The molecule has 0 saturated heterocycles. The molecule has 0 aliphatic heterocycles. The van der Waals surface area contributed by atoms with Crippen molar-refractivity contribution in [1.82, 2.24) is 4.57 Å². The van der Waals surface area contributed by atoms with Crippen LogP contribution in [-0.4, -0.2) is 17.6 Å². The minimum atomic E-state index is -0.598. The summed E-state index contributed by atoms with van der Waals surface area (Å²) in [5.41, 5.74) is 8.76. The number of carbonyl (C=O) groups is 1. The molecular formula is C15H14ClN3O2. The van der Waals surface area contributed by atoms with Crippen molar-refractivity contribution in [3.8, 4) is 11.8 Å². The first-order valence-corrected chi connectivity index (χ1v) is 6.54. The van der Waals surface area contributed by atoms with Crippen LogP contribution in [0.25, 0.3) is 5.69 Å². The van der Waals surface area contributed by atoms with Crippen LogP contribution in [0.4, 0.5) is 5.69 Å². The molecule has 5 nitrogen and oxygen atoms in total. The highest BCUT2D eigenvalue weighted by Gasteiger charge is 2.22. The second-order valence-electron chi connectivity index (χ2n) is 4.67. The van der Waals surface area contributed by atoms with E-state index in [9.17, 15) is 4.79 Å². The van der Waals surface area contributed by atoms with Crippen molar-refractivity contribution in [2.45, 2.75) is 13.8 Å².